The van der Waals surface area contributed by atoms with Crippen LogP contribution in [-0.4, -0.2) is 37.2 Å². The van der Waals surface area contributed by atoms with Crippen LogP contribution in [0.15, 0.2) is 48.6 Å². The molecule has 0 aliphatic rings. The van der Waals surface area contributed by atoms with Crippen LogP contribution in [0.4, 0.5) is 0 Å². The molecule has 0 fully saturated rings. The van der Waals surface area contributed by atoms with Gasteiger partial charge < -0.3 is 14.2 Å². The maximum Gasteiger partial charge on any atom is 0.306 e. The Bertz CT molecular complexity index is 1300. The van der Waals surface area contributed by atoms with E-state index in [1.165, 1.54) is 244 Å². The SMILES string of the molecule is CCCCC/C=C\C/C=C\C/C=C\CCCCC(=O)O[C@H](COC(=O)CCCCCCCCCCCCC/C=C\CCCCCCCC)COC(=O)CCCCCCCCCCCCCCCCCCCCCCC. The molecular weight excluding hydrogens is 925 g/mol. The molecule has 0 saturated carbocycles. The Morgan fingerprint density at radius 3 is 0.813 bits per heavy atom. The van der Waals surface area contributed by atoms with E-state index in [0.717, 1.165) is 64.2 Å². The van der Waals surface area contributed by atoms with E-state index in [1.807, 2.05) is 0 Å². The number of hydrogen-bond donors (Lipinski definition) is 0. The van der Waals surface area contributed by atoms with Crippen LogP contribution in [0.1, 0.15) is 355 Å². The van der Waals surface area contributed by atoms with Gasteiger partial charge in [0.15, 0.2) is 6.10 Å². The second-order valence-corrected chi connectivity index (χ2v) is 22.4. The third-order valence-corrected chi connectivity index (χ3v) is 14.8. The third kappa shape index (κ3) is 62.1. The normalized spacial score (nSPS) is 12.3. The first kappa shape index (κ1) is 72.4. The van der Waals surface area contributed by atoms with Crippen molar-refractivity contribution in [2.45, 2.75) is 361 Å². The number of carbonyl (C=O) groups excluding carboxylic acids is 3. The fraction of sp³-hybridized carbons (Fsp3) is 0.841. The van der Waals surface area contributed by atoms with Crippen molar-refractivity contribution in [3.8, 4) is 0 Å². The number of hydrogen-bond acceptors (Lipinski definition) is 6. The molecule has 0 aromatic carbocycles. The van der Waals surface area contributed by atoms with Gasteiger partial charge in [-0.2, -0.15) is 0 Å². The molecule has 0 radical (unpaired) electrons. The minimum Gasteiger partial charge on any atom is -0.462 e. The molecule has 0 aliphatic carbocycles. The van der Waals surface area contributed by atoms with Crippen molar-refractivity contribution < 1.29 is 28.6 Å². The molecule has 0 aliphatic heterocycles. The summed E-state index contributed by atoms with van der Waals surface area (Å²) in [6, 6.07) is 0. The number of ether oxygens (including phenoxy) is 3. The first-order chi connectivity index (χ1) is 37.0. The highest BCUT2D eigenvalue weighted by Crippen LogP contribution is 2.18. The molecule has 0 aromatic rings. The van der Waals surface area contributed by atoms with Crippen LogP contribution >= 0.6 is 0 Å². The van der Waals surface area contributed by atoms with Gasteiger partial charge in [-0.25, -0.2) is 0 Å². The topological polar surface area (TPSA) is 78.9 Å². The maximum absolute atomic E-state index is 12.9. The van der Waals surface area contributed by atoms with Crippen molar-refractivity contribution >= 4 is 17.9 Å². The van der Waals surface area contributed by atoms with Gasteiger partial charge in [-0.05, 0) is 83.5 Å². The summed E-state index contributed by atoms with van der Waals surface area (Å²) in [6.45, 7) is 6.64. The summed E-state index contributed by atoms with van der Waals surface area (Å²) in [5.41, 5.74) is 0. The number of carbonyl (C=O) groups is 3. The molecule has 6 heteroatoms. The van der Waals surface area contributed by atoms with Crippen LogP contribution in [0.25, 0.3) is 0 Å². The van der Waals surface area contributed by atoms with E-state index >= 15 is 0 Å². The fourth-order valence-electron chi connectivity index (χ4n) is 9.80. The van der Waals surface area contributed by atoms with E-state index in [-0.39, 0.29) is 37.5 Å². The third-order valence-electron chi connectivity index (χ3n) is 14.8. The Balaban J connectivity index is 4.32. The van der Waals surface area contributed by atoms with E-state index in [4.69, 9.17) is 14.2 Å². The second-order valence-electron chi connectivity index (χ2n) is 22.4. The lowest BCUT2D eigenvalue weighted by Gasteiger charge is -2.18. The quantitative estimate of drug-likeness (QED) is 0.0261. The van der Waals surface area contributed by atoms with Crippen molar-refractivity contribution in [2.24, 2.45) is 0 Å². The predicted octanol–water partition coefficient (Wildman–Crippen LogP) is 22.6. The monoisotopic (exact) mass is 1050 g/mol. The van der Waals surface area contributed by atoms with Crippen molar-refractivity contribution in [3.63, 3.8) is 0 Å². The number of rotatable bonds is 61. The first-order valence-corrected chi connectivity index (χ1v) is 33.1. The molecule has 0 heterocycles. The molecule has 0 amide bonds. The summed E-state index contributed by atoms with van der Waals surface area (Å²) >= 11 is 0. The van der Waals surface area contributed by atoms with E-state index in [1.54, 1.807) is 0 Å². The van der Waals surface area contributed by atoms with Gasteiger partial charge in [-0.1, -0.05) is 301 Å². The Kier molecular flexibility index (Phi) is 61.7. The van der Waals surface area contributed by atoms with Crippen molar-refractivity contribution in [3.05, 3.63) is 48.6 Å². The van der Waals surface area contributed by atoms with Gasteiger partial charge in [0, 0.05) is 19.3 Å². The lowest BCUT2D eigenvalue weighted by Crippen LogP contribution is -2.30. The Labute approximate surface area is 467 Å². The van der Waals surface area contributed by atoms with Crippen molar-refractivity contribution in [1.82, 2.24) is 0 Å². The number of allylic oxidation sites excluding steroid dienone is 8. The highest BCUT2D eigenvalue weighted by atomic mass is 16.6. The molecule has 1 atom stereocenters. The lowest BCUT2D eigenvalue weighted by molar-refractivity contribution is -0.167. The molecule has 6 nitrogen and oxygen atoms in total. The highest BCUT2D eigenvalue weighted by molar-refractivity contribution is 5.71. The Hall–Kier alpha value is -2.63. The van der Waals surface area contributed by atoms with Crippen LogP contribution in [-0.2, 0) is 28.6 Å². The smallest absolute Gasteiger partial charge is 0.306 e. The molecule has 0 aromatic heterocycles. The summed E-state index contributed by atoms with van der Waals surface area (Å²) in [5, 5.41) is 0. The zero-order valence-corrected chi connectivity index (χ0v) is 50.3. The second kappa shape index (κ2) is 63.9. The van der Waals surface area contributed by atoms with E-state index in [9.17, 15) is 14.4 Å². The molecule has 0 N–H and O–H groups in total. The van der Waals surface area contributed by atoms with Gasteiger partial charge in [0.25, 0.3) is 0 Å². The molecule has 0 rings (SSSR count). The van der Waals surface area contributed by atoms with E-state index < -0.39 is 6.10 Å². The van der Waals surface area contributed by atoms with Gasteiger partial charge in [0.2, 0.25) is 0 Å². The molecule has 0 spiro atoms. The van der Waals surface area contributed by atoms with Crippen LogP contribution in [0.5, 0.6) is 0 Å². The van der Waals surface area contributed by atoms with Crippen LogP contribution in [0.3, 0.4) is 0 Å². The van der Waals surface area contributed by atoms with Crippen LogP contribution < -0.4 is 0 Å². The number of esters is 3. The van der Waals surface area contributed by atoms with Gasteiger partial charge in [0.1, 0.15) is 13.2 Å². The van der Waals surface area contributed by atoms with Crippen molar-refractivity contribution in [2.75, 3.05) is 13.2 Å². The molecule has 438 valence electrons. The maximum atomic E-state index is 12.9. The van der Waals surface area contributed by atoms with Gasteiger partial charge in [-0.15, -0.1) is 0 Å². The zero-order chi connectivity index (χ0) is 54.3. The van der Waals surface area contributed by atoms with E-state index in [2.05, 4.69) is 69.4 Å². The minimum atomic E-state index is -0.792. The zero-order valence-electron chi connectivity index (χ0n) is 50.3. The van der Waals surface area contributed by atoms with Crippen LogP contribution in [0.2, 0.25) is 0 Å². The van der Waals surface area contributed by atoms with Crippen molar-refractivity contribution in [1.29, 1.82) is 0 Å². The molecule has 75 heavy (non-hydrogen) atoms. The lowest BCUT2D eigenvalue weighted by atomic mass is 10.0. The fourth-order valence-corrected chi connectivity index (χ4v) is 9.80. The summed E-state index contributed by atoms with van der Waals surface area (Å²) in [6.07, 6.45) is 79.8. The summed E-state index contributed by atoms with van der Waals surface area (Å²) in [7, 11) is 0. The molecule has 0 bridgehead atoms. The van der Waals surface area contributed by atoms with Gasteiger partial charge >= 0.3 is 17.9 Å². The predicted molar refractivity (Wildman–Crippen MR) is 325 cm³/mol. The Morgan fingerprint density at radius 2 is 0.480 bits per heavy atom. The summed E-state index contributed by atoms with van der Waals surface area (Å²) < 4.78 is 16.9. The van der Waals surface area contributed by atoms with E-state index in [0.29, 0.717) is 19.3 Å². The minimum absolute atomic E-state index is 0.0846. The first-order valence-electron chi connectivity index (χ1n) is 33.1. The molecular formula is C69H126O6. The average molecular weight is 1050 g/mol. The molecule has 0 unspecified atom stereocenters. The summed E-state index contributed by atoms with van der Waals surface area (Å²) in [4.78, 5) is 38.3. The Morgan fingerprint density at radius 1 is 0.267 bits per heavy atom. The standard InChI is InChI=1S/C69H126O6/c1-4-7-10-13-16-19-22-25-28-30-32-34-36-38-41-43-46-49-52-55-58-61-67(70)73-64-66(75-69(72)63-60-57-54-51-48-45-40-27-24-21-18-15-12-9-6-3)65-74-68(71)62-59-56-53-50-47-44-42-39-37-35-33-31-29-26-23-20-17-14-11-8-5-2/h18,21,25,27-28,40,48,51,66H,4-17,19-20,22-24,26,29-39,41-47,49-50,52-65H2,1-3H3/b21-18-,28-25-,40-27-,51-48-/t66-/m1/s1. The van der Waals surface area contributed by atoms with Gasteiger partial charge in [-0.3, -0.25) is 14.4 Å². The molecule has 0 saturated heterocycles. The van der Waals surface area contributed by atoms with Crippen LogP contribution in [0, 0.1) is 0 Å². The highest BCUT2D eigenvalue weighted by Gasteiger charge is 2.19. The van der Waals surface area contributed by atoms with Gasteiger partial charge in [0.05, 0.1) is 0 Å². The average Bonchev–Trinajstić information content (AvgIpc) is 3.41. The summed E-state index contributed by atoms with van der Waals surface area (Å²) in [5.74, 6) is -0.901. The largest absolute Gasteiger partial charge is 0.462 e. The number of unbranched alkanes of at least 4 members (excludes halogenated alkanes) is 42.